The van der Waals surface area contributed by atoms with Gasteiger partial charge in [-0.25, -0.2) is 0 Å². The predicted molar refractivity (Wildman–Crippen MR) is 128 cm³/mol. The number of nitrogens with zero attached hydrogens (tertiary/aromatic N) is 1. The Hall–Kier alpha value is -2.94. The normalized spacial score (nSPS) is 17.2. The molecule has 34 heavy (non-hydrogen) atoms. The molecule has 1 aliphatic rings. The molecule has 1 aliphatic heterocycles. The first-order valence-electron chi connectivity index (χ1n) is 10.5. The number of hydrogen-bond donors (Lipinski definition) is 2. The van der Waals surface area contributed by atoms with Gasteiger partial charge in [0.05, 0.1) is 43.0 Å². The fraction of sp³-hybridized carbons (Fsp3) is 0.333. The van der Waals surface area contributed by atoms with Gasteiger partial charge in [0, 0.05) is 6.54 Å². The van der Waals surface area contributed by atoms with Crippen molar-refractivity contribution in [1.82, 2.24) is 4.90 Å². The maximum absolute atomic E-state index is 13.1. The maximum atomic E-state index is 13.1. The first kappa shape index (κ1) is 25.7. The number of ketones is 1. The number of carbonyl (C=O) groups excluding carboxylic acids is 2. The average molecular weight is 510 g/mol. The van der Waals surface area contributed by atoms with Crippen molar-refractivity contribution < 1.29 is 34.0 Å². The molecule has 0 radical (unpaired) electrons. The smallest absolute Gasteiger partial charge is 0.295 e. The van der Waals surface area contributed by atoms with Crippen molar-refractivity contribution in [3.8, 4) is 17.2 Å². The molecule has 1 unspecified atom stereocenters. The summed E-state index contributed by atoms with van der Waals surface area (Å²) >= 11 is 12.7. The molecule has 0 spiro atoms. The summed E-state index contributed by atoms with van der Waals surface area (Å²) in [5, 5.41) is 20.5. The van der Waals surface area contributed by atoms with Crippen molar-refractivity contribution in [2.24, 2.45) is 0 Å². The second kappa shape index (κ2) is 11.0. The fourth-order valence-corrected chi connectivity index (χ4v) is 4.61. The standard InChI is InChI=1S/C24H25Cl2NO7/c1-4-8-27-19(13-6-5-7-14(11-13)34-10-9-28)17(21(30)24(27)31)20(29)15-12-16(25)23(33-3)18(26)22(15)32-2/h5-7,11-12,19,28-29H,4,8-10H2,1-3H3/b20-17+. The Kier molecular flexibility index (Phi) is 8.30. The number of halogens is 2. The third kappa shape index (κ3) is 4.66. The highest BCUT2D eigenvalue weighted by atomic mass is 35.5. The molecule has 0 aromatic heterocycles. The molecule has 1 fully saturated rings. The summed E-state index contributed by atoms with van der Waals surface area (Å²) in [5.41, 5.74) is 0.466. The quantitative estimate of drug-likeness (QED) is 0.296. The van der Waals surface area contributed by atoms with Gasteiger partial charge in [0.25, 0.3) is 11.7 Å². The number of rotatable bonds is 9. The van der Waals surface area contributed by atoms with Gasteiger partial charge >= 0.3 is 0 Å². The van der Waals surface area contributed by atoms with Gasteiger partial charge in [-0.2, -0.15) is 0 Å². The van der Waals surface area contributed by atoms with Gasteiger partial charge in [0.15, 0.2) is 11.5 Å². The van der Waals surface area contributed by atoms with E-state index in [0.717, 1.165) is 0 Å². The minimum absolute atomic E-state index is 0.0118. The molecular weight excluding hydrogens is 485 g/mol. The van der Waals surface area contributed by atoms with E-state index in [-0.39, 0.29) is 52.4 Å². The highest BCUT2D eigenvalue weighted by Crippen LogP contribution is 2.47. The van der Waals surface area contributed by atoms with Crippen molar-refractivity contribution in [3.63, 3.8) is 0 Å². The van der Waals surface area contributed by atoms with E-state index >= 15 is 0 Å². The Bertz CT molecular complexity index is 1130. The lowest BCUT2D eigenvalue weighted by Gasteiger charge is -2.25. The van der Waals surface area contributed by atoms with Crippen LogP contribution < -0.4 is 14.2 Å². The lowest BCUT2D eigenvalue weighted by molar-refractivity contribution is -0.139. The first-order valence-corrected chi connectivity index (χ1v) is 11.3. The molecule has 1 heterocycles. The van der Waals surface area contributed by atoms with E-state index in [1.54, 1.807) is 24.3 Å². The van der Waals surface area contributed by atoms with Crippen LogP contribution in [0.2, 0.25) is 10.0 Å². The number of aliphatic hydroxyl groups is 2. The molecule has 1 amide bonds. The van der Waals surface area contributed by atoms with E-state index in [4.69, 9.17) is 42.5 Å². The van der Waals surface area contributed by atoms with Gasteiger partial charge in [-0.15, -0.1) is 0 Å². The summed E-state index contributed by atoms with van der Waals surface area (Å²) in [7, 11) is 2.73. The molecule has 2 aromatic carbocycles. The monoisotopic (exact) mass is 509 g/mol. The van der Waals surface area contributed by atoms with Crippen LogP contribution in [0.25, 0.3) is 5.76 Å². The van der Waals surface area contributed by atoms with Crippen LogP contribution in [-0.4, -0.2) is 60.8 Å². The van der Waals surface area contributed by atoms with Gasteiger partial charge in [0.2, 0.25) is 0 Å². The Morgan fingerprint density at radius 2 is 1.82 bits per heavy atom. The summed E-state index contributed by atoms with van der Waals surface area (Å²) in [5.74, 6) is -1.43. The largest absolute Gasteiger partial charge is 0.507 e. The number of ether oxygens (including phenoxy) is 3. The second-order valence-electron chi connectivity index (χ2n) is 7.42. The van der Waals surface area contributed by atoms with Gasteiger partial charge in [-0.3, -0.25) is 9.59 Å². The SMILES string of the molecule is CCCN1C(=O)C(=O)/C(=C(/O)c2cc(Cl)c(OC)c(Cl)c2OC)C1c1cccc(OCCO)c1. The second-order valence-corrected chi connectivity index (χ2v) is 8.21. The van der Waals surface area contributed by atoms with Crippen molar-refractivity contribution in [3.05, 3.63) is 57.1 Å². The zero-order valence-corrected chi connectivity index (χ0v) is 20.4. The Morgan fingerprint density at radius 1 is 1.12 bits per heavy atom. The van der Waals surface area contributed by atoms with Gasteiger partial charge in [0.1, 0.15) is 23.1 Å². The van der Waals surface area contributed by atoms with Crippen LogP contribution in [0.4, 0.5) is 0 Å². The topological polar surface area (TPSA) is 106 Å². The number of amides is 1. The molecule has 8 nitrogen and oxygen atoms in total. The molecule has 2 aromatic rings. The van der Waals surface area contributed by atoms with Gasteiger partial charge < -0.3 is 29.3 Å². The van der Waals surface area contributed by atoms with Crippen molar-refractivity contribution in [1.29, 1.82) is 0 Å². The van der Waals surface area contributed by atoms with E-state index in [9.17, 15) is 14.7 Å². The van der Waals surface area contributed by atoms with Crippen molar-refractivity contribution in [2.75, 3.05) is 34.0 Å². The molecule has 3 rings (SSSR count). The summed E-state index contributed by atoms with van der Waals surface area (Å²) in [6, 6.07) is 7.26. The predicted octanol–water partition coefficient (Wildman–Crippen LogP) is 4.21. The molecule has 0 saturated carbocycles. The van der Waals surface area contributed by atoms with Crippen LogP contribution in [0.1, 0.15) is 30.5 Å². The van der Waals surface area contributed by atoms with Crippen LogP contribution in [0.5, 0.6) is 17.2 Å². The summed E-state index contributed by atoms with van der Waals surface area (Å²) in [6.07, 6.45) is 0.591. The van der Waals surface area contributed by atoms with Crippen LogP contribution >= 0.6 is 23.2 Å². The molecule has 10 heteroatoms. The summed E-state index contributed by atoms with van der Waals surface area (Å²) < 4.78 is 16.1. The zero-order valence-electron chi connectivity index (χ0n) is 18.9. The summed E-state index contributed by atoms with van der Waals surface area (Å²) in [6.45, 7) is 2.08. The molecule has 2 N–H and O–H groups in total. The summed E-state index contributed by atoms with van der Waals surface area (Å²) in [4.78, 5) is 27.5. The lowest BCUT2D eigenvalue weighted by atomic mass is 9.94. The van der Waals surface area contributed by atoms with E-state index in [2.05, 4.69) is 0 Å². The molecular formula is C24H25Cl2NO7. The Labute approximate surface area is 207 Å². The Balaban J connectivity index is 2.26. The van der Waals surface area contributed by atoms with Gasteiger partial charge in [-0.1, -0.05) is 42.3 Å². The number of Topliss-reactive ketones (excluding diaryl/α,β-unsaturated/α-hetero) is 1. The number of likely N-dealkylation sites (tertiary alicyclic amines) is 1. The van der Waals surface area contributed by atoms with Crippen molar-refractivity contribution in [2.45, 2.75) is 19.4 Å². The molecule has 0 bridgehead atoms. The number of benzene rings is 2. The van der Waals surface area contributed by atoms with E-state index < -0.39 is 23.5 Å². The molecule has 1 saturated heterocycles. The van der Waals surface area contributed by atoms with Crippen LogP contribution in [0.3, 0.4) is 0 Å². The number of aliphatic hydroxyl groups excluding tert-OH is 2. The molecule has 1 atom stereocenters. The molecule has 182 valence electrons. The highest BCUT2D eigenvalue weighted by Gasteiger charge is 2.46. The number of carbonyl (C=O) groups is 2. The fourth-order valence-electron chi connectivity index (χ4n) is 3.93. The third-order valence-electron chi connectivity index (χ3n) is 5.33. The van der Waals surface area contributed by atoms with E-state index in [0.29, 0.717) is 17.7 Å². The molecule has 0 aliphatic carbocycles. The van der Waals surface area contributed by atoms with Crippen LogP contribution in [-0.2, 0) is 9.59 Å². The highest BCUT2D eigenvalue weighted by molar-refractivity contribution is 6.47. The number of methoxy groups -OCH3 is 2. The first-order chi connectivity index (χ1) is 16.3. The van der Waals surface area contributed by atoms with Crippen molar-refractivity contribution >= 4 is 40.7 Å². The van der Waals surface area contributed by atoms with E-state index in [1.807, 2.05) is 6.92 Å². The van der Waals surface area contributed by atoms with Crippen LogP contribution in [0, 0.1) is 0 Å². The zero-order chi connectivity index (χ0) is 25.0. The lowest BCUT2D eigenvalue weighted by Crippen LogP contribution is -2.30. The average Bonchev–Trinajstić information content (AvgIpc) is 3.07. The third-order valence-corrected chi connectivity index (χ3v) is 5.96. The van der Waals surface area contributed by atoms with Crippen LogP contribution in [0.15, 0.2) is 35.9 Å². The van der Waals surface area contributed by atoms with E-state index in [1.165, 1.54) is 25.2 Å². The Morgan fingerprint density at radius 3 is 2.44 bits per heavy atom. The maximum Gasteiger partial charge on any atom is 0.295 e. The number of hydrogen-bond acceptors (Lipinski definition) is 7. The minimum Gasteiger partial charge on any atom is -0.507 e. The minimum atomic E-state index is -0.887. The van der Waals surface area contributed by atoms with Gasteiger partial charge in [-0.05, 0) is 30.2 Å².